The van der Waals surface area contributed by atoms with E-state index in [4.69, 9.17) is 14.3 Å². The van der Waals surface area contributed by atoms with E-state index < -0.39 is 23.9 Å². The highest BCUT2D eigenvalue weighted by Crippen LogP contribution is 2.22. The summed E-state index contributed by atoms with van der Waals surface area (Å²) in [5, 5.41) is 0. The van der Waals surface area contributed by atoms with Gasteiger partial charge in [0.05, 0.1) is 6.04 Å². The molecule has 2 rings (SSSR count). The molecule has 2 atom stereocenters. The Balaban J connectivity index is 2.02. The maximum absolute atomic E-state index is 12.7. The zero-order chi connectivity index (χ0) is 19.9. The first kappa shape index (κ1) is 21.2. The molecule has 0 radical (unpaired) electrons. The molecule has 0 saturated carbocycles. The molecule has 2 unspecified atom stereocenters. The summed E-state index contributed by atoms with van der Waals surface area (Å²) in [4.78, 5) is 31.7. The number of hydroxylamine groups is 1. The maximum Gasteiger partial charge on any atom is 0.411 e. The summed E-state index contributed by atoms with van der Waals surface area (Å²) in [5.41, 5.74) is 2.65. The predicted molar refractivity (Wildman–Crippen MR) is 101 cm³/mol. The summed E-state index contributed by atoms with van der Waals surface area (Å²) in [5.74, 6) is -0.433. The van der Waals surface area contributed by atoms with E-state index in [1.807, 2.05) is 37.3 Å². The van der Waals surface area contributed by atoms with E-state index in [0.717, 1.165) is 24.8 Å². The highest BCUT2D eigenvalue weighted by atomic mass is 16.8. The molecule has 0 spiro atoms. The fraction of sp³-hybridized carbons (Fsp3) is 0.600. The Hall–Kier alpha value is -2.12. The molecule has 2 amide bonds. The lowest BCUT2D eigenvalue weighted by Gasteiger charge is -2.31. The summed E-state index contributed by atoms with van der Waals surface area (Å²) in [7, 11) is 0. The Kier molecular flexibility index (Phi) is 7.62. The molecule has 1 saturated heterocycles. The second-order valence-electron chi connectivity index (χ2n) is 7.63. The third kappa shape index (κ3) is 7.19. The first-order chi connectivity index (χ1) is 12.8. The Bertz CT molecular complexity index is 609. The molecule has 0 bridgehead atoms. The molecule has 7 nitrogen and oxygen atoms in total. The van der Waals surface area contributed by atoms with Gasteiger partial charge in [-0.1, -0.05) is 30.3 Å². The van der Waals surface area contributed by atoms with Crippen LogP contribution in [-0.2, 0) is 19.1 Å². The molecule has 0 aromatic heterocycles. The largest absolute Gasteiger partial charge is 0.444 e. The van der Waals surface area contributed by atoms with Crippen molar-refractivity contribution >= 4 is 12.0 Å². The van der Waals surface area contributed by atoms with Crippen LogP contribution in [0.2, 0.25) is 0 Å². The number of nitrogens with zero attached hydrogens (tertiary/aromatic N) is 1. The average Bonchev–Trinajstić information content (AvgIpc) is 2.64. The normalized spacial score (nSPS) is 18.4. The fourth-order valence-corrected chi connectivity index (χ4v) is 2.71. The Morgan fingerprint density at radius 3 is 2.56 bits per heavy atom. The van der Waals surface area contributed by atoms with Crippen molar-refractivity contribution in [1.29, 1.82) is 0 Å². The highest BCUT2D eigenvalue weighted by Gasteiger charge is 2.29. The minimum Gasteiger partial charge on any atom is -0.444 e. The number of benzene rings is 1. The molecular weight excluding hydrogens is 348 g/mol. The van der Waals surface area contributed by atoms with Gasteiger partial charge in [-0.3, -0.25) is 9.69 Å². The average molecular weight is 378 g/mol. The van der Waals surface area contributed by atoms with Gasteiger partial charge in [0.2, 0.25) is 0 Å². The van der Waals surface area contributed by atoms with Gasteiger partial charge < -0.3 is 9.47 Å². The molecule has 1 heterocycles. The zero-order valence-electron chi connectivity index (χ0n) is 16.6. The van der Waals surface area contributed by atoms with Gasteiger partial charge in [-0.05, 0) is 46.1 Å². The number of ether oxygens (including phenoxy) is 2. The van der Waals surface area contributed by atoms with Gasteiger partial charge in [0.25, 0.3) is 5.91 Å². The minimum atomic E-state index is -0.658. The summed E-state index contributed by atoms with van der Waals surface area (Å²) in [6.45, 7) is 7.67. The zero-order valence-corrected chi connectivity index (χ0v) is 16.6. The number of hydrogen-bond acceptors (Lipinski definition) is 5. The molecule has 1 aliphatic rings. The lowest BCUT2D eigenvalue weighted by Crippen LogP contribution is -2.45. The van der Waals surface area contributed by atoms with Crippen LogP contribution in [0.15, 0.2) is 30.3 Å². The second-order valence-corrected chi connectivity index (χ2v) is 7.63. The van der Waals surface area contributed by atoms with E-state index in [2.05, 4.69) is 5.48 Å². The maximum atomic E-state index is 12.7. The van der Waals surface area contributed by atoms with E-state index in [9.17, 15) is 9.59 Å². The third-order valence-corrected chi connectivity index (χ3v) is 4.13. The molecule has 1 N–H and O–H groups in total. The van der Waals surface area contributed by atoms with Gasteiger partial charge in [0.15, 0.2) is 6.29 Å². The monoisotopic (exact) mass is 378 g/mol. The van der Waals surface area contributed by atoms with Crippen LogP contribution in [0.3, 0.4) is 0 Å². The Labute approximate surface area is 160 Å². The van der Waals surface area contributed by atoms with Crippen molar-refractivity contribution in [3.63, 3.8) is 0 Å². The van der Waals surface area contributed by atoms with Crippen molar-refractivity contribution < 1.29 is 23.9 Å². The molecule has 27 heavy (non-hydrogen) atoms. The molecular formula is C20H30N2O5. The predicted octanol–water partition coefficient (Wildman–Crippen LogP) is 3.56. The number of carbonyl (C=O) groups is 2. The highest BCUT2D eigenvalue weighted by molar-refractivity contribution is 5.81. The first-order valence-electron chi connectivity index (χ1n) is 9.37. The van der Waals surface area contributed by atoms with Crippen LogP contribution >= 0.6 is 0 Å². The number of rotatable bonds is 6. The van der Waals surface area contributed by atoms with E-state index in [-0.39, 0.29) is 12.6 Å². The summed E-state index contributed by atoms with van der Waals surface area (Å²) in [6.07, 6.45) is 1.73. The lowest BCUT2D eigenvalue weighted by molar-refractivity contribution is -0.200. The summed E-state index contributed by atoms with van der Waals surface area (Å²) < 4.78 is 10.9. The van der Waals surface area contributed by atoms with Crippen LogP contribution in [0.5, 0.6) is 0 Å². The van der Waals surface area contributed by atoms with E-state index >= 15 is 0 Å². The van der Waals surface area contributed by atoms with Gasteiger partial charge in [-0.15, -0.1) is 0 Å². The number of amides is 2. The van der Waals surface area contributed by atoms with Crippen LogP contribution in [0.1, 0.15) is 58.6 Å². The van der Waals surface area contributed by atoms with Crippen LogP contribution in [0.25, 0.3) is 0 Å². The molecule has 1 fully saturated rings. The molecule has 1 aliphatic heterocycles. The standard InChI is InChI=1S/C20H30N2O5/c1-15(16-10-6-5-7-11-16)22(19(24)26-20(2,3)4)14-17(23)21-27-18-12-8-9-13-25-18/h5-7,10-11,15,18H,8-9,12-14H2,1-4H3,(H,21,23). The van der Waals surface area contributed by atoms with Gasteiger partial charge in [0.1, 0.15) is 12.1 Å². The number of hydrogen-bond donors (Lipinski definition) is 1. The fourth-order valence-electron chi connectivity index (χ4n) is 2.71. The topological polar surface area (TPSA) is 77.1 Å². The smallest absolute Gasteiger partial charge is 0.411 e. The quantitative estimate of drug-likeness (QED) is 0.766. The SMILES string of the molecule is CC(c1ccccc1)N(CC(=O)NOC1CCCCO1)C(=O)OC(C)(C)C. The third-order valence-electron chi connectivity index (χ3n) is 4.13. The number of carbonyl (C=O) groups excluding carboxylic acids is 2. The Morgan fingerprint density at radius 2 is 1.96 bits per heavy atom. The van der Waals surface area contributed by atoms with Gasteiger partial charge in [-0.25, -0.2) is 15.1 Å². The van der Waals surface area contributed by atoms with E-state index in [0.29, 0.717) is 6.61 Å². The van der Waals surface area contributed by atoms with Gasteiger partial charge >= 0.3 is 6.09 Å². The van der Waals surface area contributed by atoms with Crippen LogP contribution in [0.4, 0.5) is 4.79 Å². The lowest BCUT2D eigenvalue weighted by atomic mass is 10.1. The van der Waals surface area contributed by atoms with E-state index in [1.54, 1.807) is 20.8 Å². The van der Waals surface area contributed by atoms with Crippen molar-refractivity contribution in [2.45, 2.75) is 64.9 Å². The van der Waals surface area contributed by atoms with Crippen molar-refractivity contribution in [3.05, 3.63) is 35.9 Å². The number of nitrogens with one attached hydrogen (secondary N) is 1. The van der Waals surface area contributed by atoms with Crippen LogP contribution in [0, 0.1) is 0 Å². The summed E-state index contributed by atoms with van der Waals surface area (Å²) in [6, 6.07) is 9.17. The molecule has 0 aliphatic carbocycles. The van der Waals surface area contributed by atoms with Crippen molar-refractivity contribution in [2.24, 2.45) is 0 Å². The van der Waals surface area contributed by atoms with Crippen molar-refractivity contribution in [2.75, 3.05) is 13.2 Å². The Morgan fingerprint density at radius 1 is 1.26 bits per heavy atom. The van der Waals surface area contributed by atoms with E-state index in [1.165, 1.54) is 4.90 Å². The van der Waals surface area contributed by atoms with Gasteiger partial charge in [0, 0.05) is 13.0 Å². The molecule has 1 aromatic rings. The summed E-state index contributed by atoms with van der Waals surface area (Å²) >= 11 is 0. The van der Waals surface area contributed by atoms with Crippen molar-refractivity contribution in [3.8, 4) is 0 Å². The minimum absolute atomic E-state index is 0.183. The van der Waals surface area contributed by atoms with Crippen LogP contribution in [-0.4, -0.2) is 41.9 Å². The van der Waals surface area contributed by atoms with Crippen molar-refractivity contribution in [1.82, 2.24) is 10.4 Å². The molecule has 1 aromatic carbocycles. The van der Waals surface area contributed by atoms with Crippen LogP contribution < -0.4 is 5.48 Å². The van der Waals surface area contributed by atoms with Gasteiger partial charge in [-0.2, -0.15) is 0 Å². The second kappa shape index (κ2) is 9.71. The molecule has 7 heteroatoms. The first-order valence-corrected chi connectivity index (χ1v) is 9.37. The molecule has 150 valence electrons.